The Morgan fingerprint density at radius 3 is 2.12 bits per heavy atom. The van der Waals surface area contributed by atoms with Crippen LogP contribution in [-0.4, -0.2) is 52.3 Å². The quantitative estimate of drug-likeness (QED) is 0.779. The second kappa shape index (κ2) is 7.03. The van der Waals surface area contributed by atoms with E-state index >= 15 is 0 Å². The fourth-order valence-corrected chi connectivity index (χ4v) is 3.18. The third kappa shape index (κ3) is 3.27. The van der Waals surface area contributed by atoms with Gasteiger partial charge in [-0.25, -0.2) is 4.79 Å². The van der Waals surface area contributed by atoms with E-state index < -0.39 is 12.1 Å². The highest BCUT2D eigenvalue weighted by molar-refractivity contribution is 6.15. The number of benzene rings is 1. The van der Waals surface area contributed by atoms with Crippen molar-refractivity contribution in [3.8, 4) is 0 Å². The van der Waals surface area contributed by atoms with E-state index in [2.05, 4.69) is 0 Å². The molecule has 1 heterocycles. The zero-order valence-electron chi connectivity index (χ0n) is 14.9. The molecule has 4 amide bonds. The Morgan fingerprint density at radius 1 is 1.08 bits per heavy atom. The molecule has 0 radical (unpaired) electrons. The minimum Gasteiger partial charge on any atom is -0.336 e. The van der Waals surface area contributed by atoms with Gasteiger partial charge in [0.15, 0.2) is 0 Å². The lowest BCUT2D eigenvalue weighted by Crippen LogP contribution is -2.48. The van der Waals surface area contributed by atoms with Crippen molar-refractivity contribution in [1.82, 2.24) is 9.80 Å². The summed E-state index contributed by atoms with van der Waals surface area (Å²) in [7, 11) is 0. The normalized spacial score (nSPS) is 18.0. The van der Waals surface area contributed by atoms with E-state index in [1.807, 2.05) is 45.9 Å². The first kappa shape index (κ1) is 18.0. The number of carbonyl (C=O) groups is 3. The first-order valence-corrected chi connectivity index (χ1v) is 8.26. The Labute approximate surface area is 143 Å². The fraction of sp³-hybridized carbons (Fsp3) is 0.500. The molecule has 24 heavy (non-hydrogen) atoms. The molecule has 0 aliphatic carbocycles. The number of carbonyl (C=O) groups excluding carboxylic acids is 3. The summed E-state index contributed by atoms with van der Waals surface area (Å²) in [5.74, 6) is -0.562. The third-order valence-corrected chi connectivity index (χ3v) is 4.18. The van der Waals surface area contributed by atoms with Gasteiger partial charge in [0, 0.05) is 17.8 Å². The summed E-state index contributed by atoms with van der Waals surface area (Å²) in [5.41, 5.74) is 0.655. The van der Waals surface area contributed by atoms with Crippen molar-refractivity contribution in [2.45, 2.75) is 52.7 Å². The summed E-state index contributed by atoms with van der Waals surface area (Å²) in [6.07, 6.45) is 0. The smallest absolute Gasteiger partial charge is 0.332 e. The average Bonchev–Trinajstić information content (AvgIpc) is 2.71. The van der Waals surface area contributed by atoms with Crippen LogP contribution in [0, 0.1) is 0 Å². The van der Waals surface area contributed by atoms with Crippen LogP contribution in [0.3, 0.4) is 0 Å². The molecule has 1 aromatic rings. The van der Waals surface area contributed by atoms with Gasteiger partial charge in [-0.1, -0.05) is 18.2 Å². The molecule has 0 N–H and O–H groups in total. The van der Waals surface area contributed by atoms with Gasteiger partial charge in [0.1, 0.15) is 12.6 Å². The lowest BCUT2D eigenvalue weighted by Gasteiger charge is -2.31. The second-order valence-electron chi connectivity index (χ2n) is 6.58. The van der Waals surface area contributed by atoms with Crippen molar-refractivity contribution < 1.29 is 14.4 Å². The van der Waals surface area contributed by atoms with Gasteiger partial charge in [0.05, 0.1) is 0 Å². The molecule has 1 aromatic carbocycles. The molecule has 0 bridgehead atoms. The highest BCUT2D eigenvalue weighted by Gasteiger charge is 2.44. The van der Waals surface area contributed by atoms with Crippen LogP contribution in [0.2, 0.25) is 0 Å². The Balaban J connectivity index is 2.21. The predicted octanol–water partition coefficient (Wildman–Crippen LogP) is 2.49. The summed E-state index contributed by atoms with van der Waals surface area (Å²) in [5, 5.41) is 0. The van der Waals surface area contributed by atoms with Gasteiger partial charge in [-0.3, -0.25) is 19.4 Å². The Morgan fingerprint density at radius 2 is 1.62 bits per heavy atom. The summed E-state index contributed by atoms with van der Waals surface area (Å²) in [6.45, 7) is 9.14. The van der Waals surface area contributed by atoms with Gasteiger partial charge in [0.25, 0.3) is 5.91 Å². The molecule has 1 atom stereocenters. The number of para-hydroxylation sites is 1. The molecule has 130 valence electrons. The molecule has 1 aliphatic heterocycles. The first-order valence-electron chi connectivity index (χ1n) is 8.26. The van der Waals surface area contributed by atoms with Gasteiger partial charge in [0.2, 0.25) is 5.91 Å². The van der Waals surface area contributed by atoms with E-state index in [9.17, 15) is 14.4 Å². The van der Waals surface area contributed by atoms with Crippen molar-refractivity contribution >= 4 is 23.5 Å². The lowest BCUT2D eigenvalue weighted by molar-refractivity contribution is -0.139. The molecule has 2 rings (SSSR count). The van der Waals surface area contributed by atoms with Gasteiger partial charge in [-0.05, 0) is 46.8 Å². The number of imide groups is 1. The van der Waals surface area contributed by atoms with E-state index in [0.29, 0.717) is 5.69 Å². The van der Waals surface area contributed by atoms with Gasteiger partial charge in [-0.15, -0.1) is 0 Å². The number of amides is 4. The molecule has 0 aromatic heterocycles. The SMILES string of the molecule is CC(C)N(C(=O)CN1C(=O)[C@H](C)N(c2ccccc2)C1=O)C(C)C. The van der Waals surface area contributed by atoms with Gasteiger partial charge in [-0.2, -0.15) is 0 Å². The first-order chi connectivity index (χ1) is 11.3. The number of hydrogen-bond donors (Lipinski definition) is 0. The molecule has 1 aliphatic rings. The topological polar surface area (TPSA) is 60.9 Å². The van der Waals surface area contributed by atoms with Crippen LogP contribution in [0.15, 0.2) is 30.3 Å². The molecule has 1 fully saturated rings. The summed E-state index contributed by atoms with van der Waals surface area (Å²) >= 11 is 0. The Bertz CT molecular complexity index is 620. The van der Waals surface area contributed by atoms with Crippen LogP contribution in [-0.2, 0) is 9.59 Å². The number of rotatable bonds is 5. The van der Waals surface area contributed by atoms with E-state index in [0.717, 1.165) is 4.90 Å². The van der Waals surface area contributed by atoms with Gasteiger partial charge >= 0.3 is 6.03 Å². The summed E-state index contributed by atoms with van der Waals surface area (Å²) in [4.78, 5) is 41.9. The summed E-state index contributed by atoms with van der Waals surface area (Å²) < 4.78 is 0. The van der Waals surface area contributed by atoms with Crippen LogP contribution < -0.4 is 4.90 Å². The molecule has 0 unspecified atom stereocenters. The van der Waals surface area contributed by atoms with Crippen LogP contribution in [0.4, 0.5) is 10.5 Å². The standard InChI is InChI=1S/C18H25N3O3/c1-12(2)20(13(3)4)16(22)11-19-17(23)14(5)21(18(19)24)15-9-7-6-8-10-15/h6-10,12-14H,11H2,1-5H3/t14-/m0/s1. The van der Waals surface area contributed by atoms with Crippen LogP contribution >= 0.6 is 0 Å². The predicted molar refractivity (Wildman–Crippen MR) is 92.6 cm³/mol. The van der Waals surface area contributed by atoms with E-state index in [1.165, 1.54) is 4.90 Å². The van der Waals surface area contributed by atoms with Crippen LogP contribution in [0.25, 0.3) is 0 Å². The molecule has 6 heteroatoms. The lowest BCUT2D eigenvalue weighted by atomic mass is 10.2. The monoisotopic (exact) mass is 331 g/mol. The maximum Gasteiger partial charge on any atom is 0.332 e. The number of urea groups is 1. The van der Waals surface area contributed by atoms with E-state index in [-0.39, 0.29) is 30.4 Å². The zero-order valence-corrected chi connectivity index (χ0v) is 14.9. The maximum atomic E-state index is 12.7. The molecular formula is C18H25N3O3. The molecular weight excluding hydrogens is 306 g/mol. The minimum atomic E-state index is -0.612. The minimum absolute atomic E-state index is 0.00737. The average molecular weight is 331 g/mol. The van der Waals surface area contributed by atoms with Crippen molar-refractivity contribution in [1.29, 1.82) is 0 Å². The second-order valence-corrected chi connectivity index (χ2v) is 6.58. The van der Waals surface area contributed by atoms with Crippen molar-refractivity contribution in [3.63, 3.8) is 0 Å². The molecule has 0 spiro atoms. The molecule has 0 saturated carbocycles. The Kier molecular flexibility index (Phi) is 5.26. The molecule has 1 saturated heterocycles. The number of anilines is 1. The number of nitrogens with zero attached hydrogens (tertiary/aromatic N) is 3. The fourth-order valence-electron chi connectivity index (χ4n) is 3.18. The van der Waals surface area contributed by atoms with Crippen LogP contribution in [0.1, 0.15) is 34.6 Å². The number of hydrogen-bond acceptors (Lipinski definition) is 3. The Hall–Kier alpha value is -2.37. The highest BCUT2D eigenvalue weighted by Crippen LogP contribution is 2.25. The maximum absolute atomic E-state index is 12.7. The molecule has 6 nitrogen and oxygen atoms in total. The van der Waals surface area contributed by atoms with Gasteiger partial charge < -0.3 is 4.90 Å². The van der Waals surface area contributed by atoms with E-state index in [4.69, 9.17) is 0 Å². The van der Waals surface area contributed by atoms with Crippen molar-refractivity contribution in [2.75, 3.05) is 11.4 Å². The zero-order chi connectivity index (χ0) is 18.0. The largest absolute Gasteiger partial charge is 0.336 e. The van der Waals surface area contributed by atoms with Crippen molar-refractivity contribution in [3.05, 3.63) is 30.3 Å². The third-order valence-electron chi connectivity index (χ3n) is 4.18. The highest BCUT2D eigenvalue weighted by atomic mass is 16.2. The van der Waals surface area contributed by atoms with Crippen molar-refractivity contribution in [2.24, 2.45) is 0 Å². The van der Waals surface area contributed by atoms with Crippen LogP contribution in [0.5, 0.6) is 0 Å². The van der Waals surface area contributed by atoms with E-state index in [1.54, 1.807) is 24.0 Å². The summed E-state index contributed by atoms with van der Waals surface area (Å²) in [6, 6.07) is 7.99.